The molecular formula is C14H22O2Si. The van der Waals surface area contributed by atoms with Gasteiger partial charge in [0.05, 0.1) is 0 Å². The van der Waals surface area contributed by atoms with Crippen LogP contribution in [0.25, 0.3) is 0 Å². The van der Waals surface area contributed by atoms with E-state index >= 15 is 0 Å². The molecule has 1 unspecified atom stereocenters. The van der Waals surface area contributed by atoms with Crippen molar-refractivity contribution >= 4 is 8.07 Å². The summed E-state index contributed by atoms with van der Waals surface area (Å²) in [5, 5.41) is 8.95. The summed E-state index contributed by atoms with van der Waals surface area (Å²) in [7, 11) is -1.06. The second-order valence-electron chi connectivity index (χ2n) is 6.12. The largest absolute Gasteiger partial charge is 0.490 e. The molecule has 0 aliphatic carbocycles. The zero-order valence-corrected chi connectivity index (χ0v) is 12.0. The molecule has 0 spiro atoms. The van der Waals surface area contributed by atoms with E-state index in [1.54, 1.807) is 0 Å². The fraction of sp³-hybridized carbons (Fsp3) is 0.571. The van der Waals surface area contributed by atoms with Gasteiger partial charge < -0.3 is 9.84 Å². The molecule has 0 saturated carbocycles. The lowest BCUT2D eigenvalue weighted by atomic mass is 10.1. The number of hydrogen-bond donors (Lipinski definition) is 1. The lowest BCUT2D eigenvalue weighted by molar-refractivity contribution is 0.252. The molecule has 1 N–H and O–H groups in total. The van der Waals surface area contributed by atoms with E-state index in [4.69, 9.17) is 9.84 Å². The summed E-state index contributed by atoms with van der Waals surface area (Å²) in [6.07, 6.45) is 2.16. The van der Waals surface area contributed by atoms with Crippen molar-refractivity contribution in [1.82, 2.24) is 0 Å². The molecule has 1 aromatic rings. The average molecular weight is 250 g/mol. The third-order valence-corrected chi connectivity index (χ3v) is 4.79. The minimum Gasteiger partial charge on any atom is -0.490 e. The maximum absolute atomic E-state index is 8.95. The van der Waals surface area contributed by atoms with E-state index in [0.717, 1.165) is 18.6 Å². The highest BCUT2D eigenvalue weighted by atomic mass is 28.3. The van der Waals surface area contributed by atoms with Crippen molar-refractivity contribution in [3.8, 4) is 5.75 Å². The van der Waals surface area contributed by atoms with Crippen LogP contribution < -0.4 is 4.74 Å². The minimum absolute atomic E-state index is 0.220. The number of benzene rings is 1. The van der Waals surface area contributed by atoms with E-state index in [9.17, 15) is 0 Å². The van der Waals surface area contributed by atoms with Gasteiger partial charge in [0.25, 0.3) is 0 Å². The average Bonchev–Trinajstić information content (AvgIpc) is 2.56. The molecule has 0 amide bonds. The smallest absolute Gasteiger partial charge is 0.123 e. The van der Waals surface area contributed by atoms with E-state index in [-0.39, 0.29) is 6.61 Å². The molecule has 2 rings (SSSR count). The van der Waals surface area contributed by atoms with Crippen LogP contribution in [0.15, 0.2) is 18.2 Å². The standard InChI is InChI=1S/C14H22O2Si/c1-17(2,3)10-13-9-12-8-11(6-7-15)4-5-14(12)16-13/h4-5,8,13,15H,6-7,9-10H2,1-3H3. The Morgan fingerprint density at radius 3 is 2.76 bits per heavy atom. The maximum atomic E-state index is 8.95. The lowest BCUT2D eigenvalue weighted by Crippen LogP contribution is -2.29. The molecule has 1 aliphatic heterocycles. The Morgan fingerprint density at radius 1 is 1.35 bits per heavy atom. The Morgan fingerprint density at radius 2 is 2.12 bits per heavy atom. The summed E-state index contributed by atoms with van der Waals surface area (Å²) in [6.45, 7) is 7.38. The Labute approximate surface area is 105 Å². The van der Waals surface area contributed by atoms with Gasteiger partial charge in [-0.25, -0.2) is 0 Å². The Bertz CT molecular complexity index is 396. The van der Waals surface area contributed by atoms with Gasteiger partial charge in [0, 0.05) is 21.1 Å². The first kappa shape index (κ1) is 12.6. The van der Waals surface area contributed by atoms with Crippen molar-refractivity contribution in [2.75, 3.05) is 6.61 Å². The predicted octanol–water partition coefficient (Wildman–Crippen LogP) is 2.86. The van der Waals surface area contributed by atoms with E-state index < -0.39 is 8.07 Å². The Balaban J connectivity index is 2.06. The van der Waals surface area contributed by atoms with Crippen molar-refractivity contribution in [2.45, 2.75) is 44.6 Å². The normalized spacial score (nSPS) is 18.9. The number of aliphatic hydroxyl groups is 1. The van der Waals surface area contributed by atoms with Gasteiger partial charge in [-0.2, -0.15) is 0 Å². The van der Waals surface area contributed by atoms with Crippen LogP contribution in [0.4, 0.5) is 0 Å². The van der Waals surface area contributed by atoms with Gasteiger partial charge >= 0.3 is 0 Å². The molecule has 0 bridgehead atoms. The number of fused-ring (bicyclic) bond motifs is 1. The summed E-state index contributed by atoms with van der Waals surface area (Å²) >= 11 is 0. The first-order valence-electron chi connectivity index (χ1n) is 6.37. The maximum Gasteiger partial charge on any atom is 0.123 e. The topological polar surface area (TPSA) is 29.5 Å². The molecular weight excluding hydrogens is 228 g/mol. The number of rotatable bonds is 4. The second kappa shape index (κ2) is 4.82. The quantitative estimate of drug-likeness (QED) is 0.833. The monoisotopic (exact) mass is 250 g/mol. The minimum atomic E-state index is -1.06. The van der Waals surface area contributed by atoms with Crippen molar-refractivity contribution in [3.63, 3.8) is 0 Å². The molecule has 3 heteroatoms. The number of ether oxygens (including phenoxy) is 1. The van der Waals surface area contributed by atoms with Gasteiger partial charge in [-0.15, -0.1) is 0 Å². The summed E-state index contributed by atoms with van der Waals surface area (Å²) in [5.74, 6) is 1.05. The van der Waals surface area contributed by atoms with Crippen LogP contribution in [0, 0.1) is 0 Å². The summed E-state index contributed by atoms with van der Waals surface area (Å²) in [6, 6.07) is 7.53. The fourth-order valence-electron chi connectivity index (χ4n) is 2.46. The van der Waals surface area contributed by atoms with Crippen LogP contribution in [-0.2, 0) is 12.8 Å². The van der Waals surface area contributed by atoms with Gasteiger partial charge in [-0.05, 0) is 29.7 Å². The van der Waals surface area contributed by atoms with Crippen molar-refractivity contribution in [1.29, 1.82) is 0 Å². The molecule has 1 atom stereocenters. The first-order chi connectivity index (χ1) is 7.98. The van der Waals surface area contributed by atoms with Crippen LogP contribution in [0.2, 0.25) is 25.7 Å². The van der Waals surface area contributed by atoms with Crippen LogP contribution in [0.3, 0.4) is 0 Å². The highest BCUT2D eigenvalue weighted by Gasteiger charge is 2.28. The van der Waals surface area contributed by atoms with E-state index in [0.29, 0.717) is 6.10 Å². The summed E-state index contributed by atoms with van der Waals surface area (Å²) in [4.78, 5) is 0. The summed E-state index contributed by atoms with van der Waals surface area (Å²) in [5.41, 5.74) is 2.53. The molecule has 17 heavy (non-hydrogen) atoms. The zero-order chi connectivity index (χ0) is 12.5. The Hall–Kier alpha value is -0.803. The number of aliphatic hydroxyl groups excluding tert-OH is 1. The Kier molecular flexibility index (Phi) is 3.59. The zero-order valence-electron chi connectivity index (χ0n) is 11.0. The van der Waals surface area contributed by atoms with Crippen LogP contribution in [-0.4, -0.2) is 25.9 Å². The fourth-order valence-corrected chi connectivity index (χ4v) is 4.05. The van der Waals surface area contributed by atoms with E-state index in [2.05, 4.69) is 37.8 Å². The molecule has 0 fully saturated rings. The van der Waals surface area contributed by atoms with Gasteiger partial charge in [0.1, 0.15) is 11.9 Å². The summed E-state index contributed by atoms with van der Waals surface area (Å²) < 4.78 is 5.99. The van der Waals surface area contributed by atoms with Crippen molar-refractivity contribution in [3.05, 3.63) is 29.3 Å². The highest BCUT2D eigenvalue weighted by molar-refractivity contribution is 6.76. The molecule has 0 saturated heterocycles. The first-order valence-corrected chi connectivity index (χ1v) is 10.1. The third kappa shape index (κ3) is 3.33. The van der Waals surface area contributed by atoms with Crippen molar-refractivity contribution < 1.29 is 9.84 Å². The predicted molar refractivity (Wildman–Crippen MR) is 73.5 cm³/mol. The molecule has 0 aromatic heterocycles. The SMILES string of the molecule is C[Si](C)(C)CC1Cc2cc(CCO)ccc2O1. The molecule has 1 heterocycles. The van der Waals surface area contributed by atoms with Crippen LogP contribution >= 0.6 is 0 Å². The van der Waals surface area contributed by atoms with Gasteiger partial charge in [-0.1, -0.05) is 31.8 Å². The van der Waals surface area contributed by atoms with Gasteiger partial charge in [-0.3, -0.25) is 0 Å². The molecule has 2 nitrogen and oxygen atoms in total. The molecule has 94 valence electrons. The number of hydrogen-bond acceptors (Lipinski definition) is 2. The van der Waals surface area contributed by atoms with Gasteiger partial charge in [0.2, 0.25) is 0 Å². The lowest BCUT2D eigenvalue weighted by Gasteiger charge is -2.20. The van der Waals surface area contributed by atoms with Crippen molar-refractivity contribution in [2.24, 2.45) is 0 Å². The molecule has 1 aromatic carbocycles. The molecule has 1 aliphatic rings. The van der Waals surface area contributed by atoms with Gasteiger partial charge in [0.15, 0.2) is 0 Å². The van der Waals surface area contributed by atoms with Crippen LogP contribution in [0.5, 0.6) is 5.75 Å². The molecule has 0 radical (unpaired) electrons. The van der Waals surface area contributed by atoms with E-state index in [1.807, 2.05) is 0 Å². The second-order valence-corrected chi connectivity index (χ2v) is 11.7. The van der Waals surface area contributed by atoms with Crippen LogP contribution in [0.1, 0.15) is 11.1 Å². The third-order valence-electron chi connectivity index (χ3n) is 3.11. The highest BCUT2D eigenvalue weighted by Crippen LogP contribution is 2.32. The van der Waals surface area contributed by atoms with E-state index in [1.165, 1.54) is 17.2 Å².